The van der Waals surface area contributed by atoms with Gasteiger partial charge in [-0.1, -0.05) is 21.1 Å². The number of aromatic nitrogens is 3. The average molecular weight is 247 g/mol. The van der Waals surface area contributed by atoms with Crippen molar-refractivity contribution in [1.82, 2.24) is 19.9 Å². The molecular weight excluding hydrogens is 232 g/mol. The zero-order valence-electron chi connectivity index (χ0n) is 8.07. The van der Waals surface area contributed by atoms with Crippen LogP contribution in [0.4, 0.5) is 0 Å². The molecule has 0 aromatic carbocycles. The van der Waals surface area contributed by atoms with Gasteiger partial charge in [-0.3, -0.25) is 4.68 Å². The molecule has 0 radical (unpaired) electrons. The topological polar surface area (TPSA) is 34.0 Å². The predicted octanol–water partition coefficient (Wildman–Crippen LogP) is 0.777. The van der Waals surface area contributed by atoms with E-state index in [1.165, 1.54) is 0 Å². The molecule has 0 fully saturated rings. The van der Waals surface area contributed by atoms with Crippen molar-refractivity contribution in [2.45, 2.75) is 13.0 Å². The summed E-state index contributed by atoms with van der Waals surface area (Å²) in [5.41, 5.74) is 1.05. The van der Waals surface area contributed by atoms with Gasteiger partial charge in [-0.2, -0.15) is 0 Å². The van der Waals surface area contributed by atoms with Gasteiger partial charge in [-0.05, 0) is 14.1 Å². The number of rotatable bonds is 5. The second-order valence-corrected chi connectivity index (χ2v) is 4.01. The summed E-state index contributed by atoms with van der Waals surface area (Å²) in [7, 11) is 4.10. The molecule has 0 saturated heterocycles. The van der Waals surface area contributed by atoms with Crippen LogP contribution in [0.3, 0.4) is 0 Å². The maximum absolute atomic E-state index is 4.05. The van der Waals surface area contributed by atoms with E-state index < -0.39 is 0 Å². The highest BCUT2D eigenvalue weighted by Crippen LogP contribution is 1.97. The van der Waals surface area contributed by atoms with Gasteiger partial charge in [0.05, 0.1) is 12.2 Å². The molecule has 5 heteroatoms. The van der Waals surface area contributed by atoms with Crippen LogP contribution in [-0.2, 0) is 13.0 Å². The van der Waals surface area contributed by atoms with Crippen molar-refractivity contribution < 1.29 is 0 Å². The Labute approximate surface area is 87.0 Å². The van der Waals surface area contributed by atoms with Crippen molar-refractivity contribution in [3.8, 4) is 0 Å². The molecule has 1 aromatic heterocycles. The lowest BCUT2D eigenvalue weighted by Gasteiger charge is -2.07. The lowest BCUT2D eigenvalue weighted by Crippen LogP contribution is -2.18. The van der Waals surface area contributed by atoms with Crippen molar-refractivity contribution in [2.75, 3.05) is 26.0 Å². The van der Waals surface area contributed by atoms with E-state index in [1.807, 2.05) is 10.9 Å². The van der Waals surface area contributed by atoms with Crippen LogP contribution in [0.2, 0.25) is 0 Å². The largest absolute Gasteiger partial charge is 0.308 e. The molecule has 0 unspecified atom stereocenters. The van der Waals surface area contributed by atoms with Crippen LogP contribution in [0.15, 0.2) is 6.20 Å². The third kappa shape index (κ3) is 3.87. The molecule has 74 valence electrons. The van der Waals surface area contributed by atoms with Gasteiger partial charge in [-0.15, -0.1) is 5.10 Å². The number of likely N-dealkylation sites (N-methyl/N-ethyl adjacent to an activating group) is 1. The number of hydrogen-bond donors (Lipinski definition) is 0. The van der Waals surface area contributed by atoms with Crippen LogP contribution in [-0.4, -0.2) is 45.9 Å². The summed E-state index contributed by atoms with van der Waals surface area (Å²) in [5, 5.41) is 9.02. The van der Waals surface area contributed by atoms with E-state index in [4.69, 9.17) is 0 Å². The Morgan fingerprint density at radius 2 is 2.31 bits per heavy atom. The minimum atomic E-state index is 0.905. The predicted molar refractivity (Wildman–Crippen MR) is 56.1 cm³/mol. The highest BCUT2D eigenvalue weighted by atomic mass is 79.9. The highest BCUT2D eigenvalue weighted by Gasteiger charge is 1.99. The van der Waals surface area contributed by atoms with Crippen LogP contribution in [0.25, 0.3) is 0 Å². The quantitative estimate of drug-likeness (QED) is 0.721. The van der Waals surface area contributed by atoms with Crippen molar-refractivity contribution in [3.63, 3.8) is 0 Å². The molecule has 0 N–H and O–H groups in total. The van der Waals surface area contributed by atoms with Crippen molar-refractivity contribution in [1.29, 1.82) is 0 Å². The fourth-order valence-corrected chi connectivity index (χ4v) is 1.37. The van der Waals surface area contributed by atoms with Crippen molar-refractivity contribution in [2.24, 2.45) is 0 Å². The van der Waals surface area contributed by atoms with Gasteiger partial charge < -0.3 is 4.90 Å². The third-order valence-electron chi connectivity index (χ3n) is 1.71. The Hall–Kier alpha value is -0.420. The second-order valence-electron chi connectivity index (χ2n) is 3.22. The van der Waals surface area contributed by atoms with Crippen LogP contribution < -0.4 is 0 Å². The molecule has 0 aliphatic heterocycles. The molecule has 1 aromatic rings. The minimum Gasteiger partial charge on any atom is -0.308 e. The Morgan fingerprint density at radius 3 is 2.92 bits per heavy atom. The summed E-state index contributed by atoms with van der Waals surface area (Å²) in [4.78, 5) is 2.13. The fraction of sp³-hybridized carbons (Fsp3) is 0.750. The first-order valence-electron chi connectivity index (χ1n) is 4.32. The SMILES string of the molecule is CN(C)CCn1cc(CCBr)nn1. The average Bonchev–Trinajstić information content (AvgIpc) is 2.50. The number of hydrogen-bond acceptors (Lipinski definition) is 3. The van der Waals surface area contributed by atoms with Gasteiger partial charge in [0.2, 0.25) is 0 Å². The zero-order chi connectivity index (χ0) is 9.68. The molecule has 0 atom stereocenters. The van der Waals surface area contributed by atoms with Gasteiger partial charge in [0.15, 0.2) is 0 Å². The molecule has 0 bridgehead atoms. The highest BCUT2D eigenvalue weighted by molar-refractivity contribution is 9.09. The molecule has 0 amide bonds. The summed E-state index contributed by atoms with van der Waals surface area (Å²) in [6.45, 7) is 1.90. The number of alkyl halides is 1. The van der Waals surface area contributed by atoms with Gasteiger partial charge in [-0.25, -0.2) is 0 Å². The van der Waals surface area contributed by atoms with E-state index in [-0.39, 0.29) is 0 Å². The first-order valence-corrected chi connectivity index (χ1v) is 5.44. The summed E-state index contributed by atoms with van der Waals surface area (Å²) >= 11 is 3.37. The molecule has 0 aliphatic carbocycles. The molecule has 4 nitrogen and oxygen atoms in total. The van der Waals surface area contributed by atoms with E-state index in [0.29, 0.717) is 0 Å². The van der Waals surface area contributed by atoms with E-state index in [2.05, 4.69) is 45.2 Å². The van der Waals surface area contributed by atoms with Gasteiger partial charge >= 0.3 is 0 Å². The van der Waals surface area contributed by atoms with E-state index in [9.17, 15) is 0 Å². The van der Waals surface area contributed by atoms with Crippen LogP contribution >= 0.6 is 15.9 Å². The molecule has 0 spiro atoms. The van der Waals surface area contributed by atoms with Gasteiger partial charge in [0, 0.05) is 24.5 Å². The molecule has 13 heavy (non-hydrogen) atoms. The van der Waals surface area contributed by atoms with Gasteiger partial charge in [0.1, 0.15) is 0 Å². The lowest BCUT2D eigenvalue weighted by molar-refractivity contribution is 0.370. The summed E-state index contributed by atoms with van der Waals surface area (Å²) < 4.78 is 1.89. The van der Waals surface area contributed by atoms with Crippen LogP contribution in [0.1, 0.15) is 5.69 Å². The molecular formula is C8H15BrN4. The van der Waals surface area contributed by atoms with Crippen molar-refractivity contribution in [3.05, 3.63) is 11.9 Å². The molecule has 0 aliphatic rings. The maximum atomic E-state index is 4.05. The van der Waals surface area contributed by atoms with Crippen molar-refractivity contribution >= 4 is 15.9 Å². The van der Waals surface area contributed by atoms with E-state index in [0.717, 1.165) is 30.5 Å². The fourth-order valence-electron chi connectivity index (χ4n) is 0.962. The minimum absolute atomic E-state index is 0.905. The Morgan fingerprint density at radius 1 is 1.54 bits per heavy atom. The number of halogens is 1. The smallest absolute Gasteiger partial charge is 0.0835 e. The molecule has 0 saturated carbocycles. The molecule has 1 heterocycles. The summed E-state index contributed by atoms with van der Waals surface area (Å²) in [5.74, 6) is 0. The van der Waals surface area contributed by atoms with Crippen LogP contribution in [0.5, 0.6) is 0 Å². The van der Waals surface area contributed by atoms with Crippen LogP contribution in [0, 0.1) is 0 Å². The standard InChI is InChI=1S/C8H15BrN4/c1-12(2)5-6-13-7-8(3-4-9)10-11-13/h7H,3-6H2,1-2H3. The normalized spacial score (nSPS) is 11.1. The third-order valence-corrected chi connectivity index (χ3v) is 2.11. The van der Waals surface area contributed by atoms with E-state index in [1.54, 1.807) is 0 Å². The first kappa shape index (κ1) is 10.7. The lowest BCUT2D eigenvalue weighted by atomic mass is 10.4. The Bertz CT molecular complexity index is 246. The summed E-state index contributed by atoms with van der Waals surface area (Å²) in [6.07, 6.45) is 2.95. The summed E-state index contributed by atoms with van der Waals surface area (Å²) in [6, 6.07) is 0. The first-order chi connectivity index (χ1) is 6.22. The molecule has 1 rings (SSSR count). The number of nitrogens with zero attached hydrogens (tertiary/aromatic N) is 4. The number of aryl methyl sites for hydroxylation is 1. The Kier molecular flexibility index (Phi) is 4.38. The van der Waals surface area contributed by atoms with E-state index >= 15 is 0 Å². The zero-order valence-corrected chi connectivity index (χ0v) is 9.66. The van der Waals surface area contributed by atoms with Gasteiger partial charge in [0.25, 0.3) is 0 Å². The Balaban J connectivity index is 2.39. The maximum Gasteiger partial charge on any atom is 0.0835 e. The second kappa shape index (κ2) is 5.34. The monoisotopic (exact) mass is 246 g/mol.